The Kier molecular flexibility index (Phi) is 5.46. The van der Waals surface area contributed by atoms with Crippen LogP contribution in [-0.2, 0) is 10.0 Å². The summed E-state index contributed by atoms with van der Waals surface area (Å²) in [7, 11) is -2.58. The van der Waals surface area contributed by atoms with E-state index in [4.69, 9.17) is 9.84 Å². The number of methoxy groups -OCH3 is 1. The molecule has 1 saturated carbocycles. The number of nitrogens with zero attached hydrogens (tertiary/aromatic N) is 1. The zero-order valence-electron chi connectivity index (χ0n) is 17.8. The van der Waals surface area contributed by atoms with Crippen LogP contribution >= 0.6 is 11.3 Å². The van der Waals surface area contributed by atoms with Gasteiger partial charge in [0.1, 0.15) is 10.8 Å². The number of thiazole rings is 1. The third kappa shape index (κ3) is 4.14. The van der Waals surface area contributed by atoms with E-state index in [1.165, 1.54) is 61.9 Å². The van der Waals surface area contributed by atoms with Gasteiger partial charge in [-0.2, -0.15) is 0 Å². The third-order valence-corrected chi connectivity index (χ3v) is 9.11. The molecule has 1 heterocycles. The number of fused-ring (bicyclic) bond motifs is 2. The molecule has 0 saturated heterocycles. The van der Waals surface area contributed by atoms with E-state index in [1.807, 2.05) is 12.1 Å². The van der Waals surface area contributed by atoms with Crippen molar-refractivity contribution in [3.8, 4) is 16.3 Å². The lowest BCUT2D eigenvalue weighted by atomic mass is 9.92. The summed E-state index contributed by atoms with van der Waals surface area (Å²) in [5, 5.41) is 9.73. The van der Waals surface area contributed by atoms with Crippen LogP contribution in [0.1, 0.15) is 35.2 Å². The molecule has 33 heavy (non-hydrogen) atoms. The zero-order valence-corrected chi connectivity index (χ0v) is 19.4. The molecule has 0 radical (unpaired) electrons. The summed E-state index contributed by atoms with van der Waals surface area (Å²) < 4.78 is 33.5. The zero-order chi connectivity index (χ0) is 23.2. The lowest BCUT2D eigenvalue weighted by molar-refractivity contribution is 0.0696. The predicted octanol–water partition coefficient (Wildman–Crippen LogP) is 5.13. The quantitative estimate of drug-likeness (QED) is 0.484. The van der Waals surface area contributed by atoms with Gasteiger partial charge in [-0.25, -0.2) is 18.2 Å². The SMILES string of the molecule is COc1cc(C(=O)O)ccc1NS(=O)(=O)c1cnc(-c2ccc(C3=CC4CCC3C4)cc2)s1. The summed E-state index contributed by atoms with van der Waals surface area (Å²) in [5.41, 5.74) is 3.68. The second kappa shape index (κ2) is 8.31. The minimum atomic E-state index is -3.92. The van der Waals surface area contributed by atoms with E-state index in [1.54, 1.807) is 0 Å². The molecule has 2 N–H and O–H groups in total. The molecule has 2 aliphatic rings. The van der Waals surface area contributed by atoms with Crippen LogP contribution in [-0.4, -0.2) is 31.6 Å². The first-order valence-electron chi connectivity index (χ1n) is 10.6. The van der Waals surface area contributed by atoms with Crippen molar-refractivity contribution in [3.05, 3.63) is 65.9 Å². The molecule has 7 nitrogen and oxygen atoms in total. The number of allylic oxidation sites excluding steroid dienone is 2. The fraction of sp³-hybridized carbons (Fsp3) is 0.250. The summed E-state index contributed by atoms with van der Waals surface area (Å²) in [6.45, 7) is 0. The summed E-state index contributed by atoms with van der Waals surface area (Å²) in [6.07, 6.45) is 7.56. The van der Waals surface area contributed by atoms with E-state index in [-0.39, 0.29) is 21.2 Å². The van der Waals surface area contributed by atoms with Crippen molar-refractivity contribution in [2.45, 2.75) is 23.5 Å². The molecule has 170 valence electrons. The number of sulfonamides is 1. The van der Waals surface area contributed by atoms with Gasteiger partial charge >= 0.3 is 5.97 Å². The molecule has 5 rings (SSSR count). The number of benzene rings is 2. The Morgan fingerprint density at radius 2 is 1.91 bits per heavy atom. The molecule has 0 amide bonds. The van der Waals surface area contributed by atoms with Crippen molar-refractivity contribution in [2.75, 3.05) is 11.8 Å². The summed E-state index contributed by atoms with van der Waals surface area (Å²) in [5.74, 6) is 0.388. The fourth-order valence-corrected chi connectivity index (χ4v) is 6.80. The first-order chi connectivity index (χ1) is 15.8. The Bertz CT molecular complexity index is 1360. The van der Waals surface area contributed by atoms with Gasteiger partial charge < -0.3 is 9.84 Å². The van der Waals surface area contributed by atoms with E-state index < -0.39 is 16.0 Å². The highest BCUT2D eigenvalue weighted by atomic mass is 32.2. The molecule has 1 fully saturated rings. The van der Waals surface area contributed by atoms with Crippen LogP contribution in [0.15, 0.2) is 58.9 Å². The van der Waals surface area contributed by atoms with Gasteiger partial charge in [0.05, 0.1) is 24.6 Å². The van der Waals surface area contributed by atoms with Gasteiger partial charge in [0, 0.05) is 5.56 Å². The second-order valence-electron chi connectivity index (χ2n) is 8.28. The first kappa shape index (κ1) is 21.7. The largest absolute Gasteiger partial charge is 0.495 e. The minimum Gasteiger partial charge on any atom is -0.495 e. The molecule has 3 aromatic rings. The van der Waals surface area contributed by atoms with E-state index in [9.17, 15) is 13.2 Å². The number of hydrogen-bond donors (Lipinski definition) is 2. The number of hydrogen-bond acceptors (Lipinski definition) is 6. The highest BCUT2D eigenvalue weighted by Gasteiger charge is 2.33. The van der Waals surface area contributed by atoms with Crippen molar-refractivity contribution in [1.82, 2.24) is 4.98 Å². The van der Waals surface area contributed by atoms with Crippen molar-refractivity contribution in [3.63, 3.8) is 0 Å². The summed E-state index contributed by atoms with van der Waals surface area (Å²) in [6, 6.07) is 12.1. The molecule has 2 unspecified atom stereocenters. The highest BCUT2D eigenvalue weighted by Crippen LogP contribution is 2.48. The number of aromatic carboxylic acids is 1. The maximum Gasteiger partial charge on any atom is 0.335 e. The minimum absolute atomic E-state index is 0.000447. The summed E-state index contributed by atoms with van der Waals surface area (Å²) >= 11 is 1.07. The third-order valence-electron chi connectivity index (χ3n) is 6.24. The normalized spacial score (nSPS) is 19.4. The molecule has 0 spiro atoms. The van der Waals surface area contributed by atoms with E-state index in [0.717, 1.165) is 22.8 Å². The van der Waals surface area contributed by atoms with Gasteiger partial charge in [-0.3, -0.25) is 4.72 Å². The van der Waals surface area contributed by atoms with E-state index >= 15 is 0 Å². The van der Waals surface area contributed by atoms with Crippen LogP contribution in [0.2, 0.25) is 0 Å². The monoisotopic (exact) mass is 482 g/mol. The fourth-order valence-electron chi connectivity index (χ4n) is 4.60. The number of ether oxygens (including phenoxy) is 1. The lowest BCUT2D eigenvalue weighted by Crippen LogP contribution is -2.12. The van der Waals surface area contributed by atoms with Crippen molar-refractivity contribution >= 4 is 38.6 Å². The smallest absolute Gasteiger partial charge is 0.335 e. The van der Waals surface area contributed by atoms with E-state index in [2.05, 4.69) is 27.9 Å². The molecular formula is C24H22N2O5S2. The van der Waals surface area contributed by atoms with Crippen molar-refractivity contribution < 1.29 is 23.1 Å². The van der Waals surface area contributed by atoms with Crippen LogP contribution in [0.25, 0.3) is 16.1 Å². The molecule has 0 aliphatic heterocycles. The number of aromatic nitrogens is 1. The van der Waals surface area contributed by atoms with Gasteiger partial charge in [-0.05, 0) is 60.4 Å². The molecule has 2 aromatic carbocycles. The second-order valence-corrected chi connectivity index (χ2v) is 11.2. The van der Waals surface area contributed by atoms with Gasteiger partial charge in [0.2, 0.25) is 0 Å². The van der Waals surface area contributed by atoms with Gasteiger partial charge in [0.15, 0.2) is 4.21 Å². The number of nitrogens with one attached hydrogen (secondary N) is 1. The Morgan fingerprint density at radius 1 is 1.15 bits per heavy atom. The predicted molar refractivity (Wildman–Crippen MR) is 127 cm³/mol. The maximum atomic E-state index is 12.9. The standard InChI is InChI=1S/C24H22N2O5S2/c1-31-21-12-18(24(27)28)8-9-20(21)26-33(29,30)22-13-25-23(32-22)16-6-4-15(5-7-16)19-11-14-2-3-17(19)10-14/h4-9,11-14,17,26H,2-3,10H2,1H3,(H,27,28). The highest BCUT2D eigenvalue weighted by molar-refractivity contribution is 7.94. The van der Waals surface area contributed by atoms with Crippen LogP contribution < -0.4 is 9.46 Å². The number of rotatable bonds is 7. The number of carbonyl (C=O) groups is 1. The number of carboxylic acid groups (broad SMARTS) is 1. The van der Waals surface area contributed by atoms with Crippen LogP contribution in [0.5, 0.6) is 5.75 Å². The van der Waals surface area contributed by atoms with Crippen LogP contribution in [0.4, 0.5) is 5.69 Å². The van der Waals surface area contributed by atoms with Crippen molar-refractivity contribution in [1.29, 1.82) is 0 Å². The Balaban J connectivity index is 1.36. The van der Waals surface area contributed by atoms with Crippen LogP contribution in [0.3, 0.4) is 0 Å². The first-order valence-corrected chi connectivity index (χ1v) is 12.9. The van der Waals surface area contributed by atoms with Crippen molar-refractivity contribution in [2.24, 2.45) is 11.8 Å². The molecule has 1 aromatic heterocycles. The Labute approximate surface area is 195 Å². The van der Waals surface area contributed by atoms with Crippen LogP contribution in [0, 0.1) is 11.8 Å². The van der Waals surface area contributed by atoms with Gasteiger partial charge in [-0.1, -0.05) is 30.3 Å². The Hall–Kier alpha value is -3.17. The molecule has 2 atom stereocenters. The Morgan fingerprint density at radius 3 is 2.55 bits per heavy atom. The molecule has 2 aliphatic carbocycles. The number of carboxylic acids is 1. The average molecular weight is 483 g/mol. The lowest BCUT2D eigenvalue weighted by Gasteiger charge is -2.13. The van der Waals surface area contributed by atoms with Gasteiger partial charge in [-0.15, -0.1) is 11.3 Å². The number of anilines is 1. The molecule has 2 bridgehead atoms. The van der Waals surface area contributed by atoms with E-state index in [0.29, 0.717) is 10.9 Å². The van der Waals surface area contributed by atoms with Gasteiger partial charge in [0.25, 0.3) is 10.0 Å². The average Bonchev–Trinajstić information content (AvgIpc) is 3.56. The maximum absolute atomic E-state index is 12.9. The molecular weight excluding hydrogens is 460 g/mol. The topological polar surface area (TPSA) is 106 Å². The molecule has 9 heteroatoms. The summed E-state index contributed by atoms with van der Waals surface area (Å²) in [4.78, 5) is 15.5.